The van der Waals surface area contributed by atoms with E-state index in [1.54, 1.807) is 16.4 Å². The quantitative estimate of drug-likeness (QED) is 0.870. The predicted molar refractivity (Wildman–Crippen MR) is 87.2 cm³/mol. The molecule has 2 rings (SSSR count). The number of nitrogen functional groups attached to an aromatic ring is 1. The van der Waals surface area contributed by atoms with Gasteiger partial charge in [-0.15, -0.1) is 0 Å². The van der Waals surface area contributed by atoms with Gasteiger partial charge in [0.25, 0.3) is 0 Å². The van der Waals surface area contributed by atoms with Crippen LogP contribution in [0.15, 0.2) is 24.3 Å². The van der Waals surface area contributed by atoms with E-state index in [1.165, 1.54) is 0 Å². The van der Waals surface area contributed by atoms with E-state index < -0.39 is 10.0 Å². The Morgan fingerprint density at radius 1 is 1.24 bits per heavy atom. The molecule has 0 amide bonds. The lowest BCUT2D eigenvalue weighted by Gasteiger charge is -2.21. The Morgan fingerprint density at radius 3 is 2.62 bits per heavy atom. The minimum absolute atomic E-state index is 0.00597. The van der Waals surface area contributed by atoms with Crippen LogP contribution in [0.5, 0.6) is 0 Å². The number of anilines is 1. The van der Waals surface area contributed by atoms with E-state index in [9.17, 15) is 8.42 Å². The molecule has 0 radical (unpaired) electrons. The first-order valence-electron chi connectivity index (χ1n) is 7.71. The van der Waals surface area contributed by atoms with Gasteiger partial charge in [0.15, 0.2) is 0 Å². The maximum absolute atomic E-state index is 12.6. The normalized spacial score (nSPS) is 21.4. The van der Waals surface area contributed by atoms with Crippen molar-refractivity contribution in [2.45, 2.75) is 38.9 Å². The van der Waals surface area contributed by atoms with Crippen molar-refractivity contribution in [3.63, 3.8) is 0 Å². The standard InChI is InChI=1S/C16H26N2O2S/c1-13(2)14-7-5-10-18(11-9-14)21(19,20)12-15-6-3-4-8-16(15)17/h3-4,6,8,13-14H,5,7,9-12,17H2,1-2H3. The van der Waals surface area contributed by atoms with Crippen molar-refractivity contribution >= 4 is 15.7 Å². The highest BCUT2D eigenvalue weighted by molar-refractivity contribution is 7.88. The van der Waals surface area contributed by atoms with Gasteiger partial charge in [0.05, 0.1) is 5.75 Å². The molecule has 1 heterocycles. The largest absolute Gasteiger partial charge is 0.398 e. The minimum Gasteiger partial charge on any atom is -0.398 e. The lowest BCUT2D eigenvalue weighted by molar-refractivity contribution is 0.340. The average Bonchev–Trinajstić information content (AvgIpc) is 2.67. The van der Waals surface area contributed by atoms with Crippen LogP contribution in [0.25, 0.3) is 0 Å². The number of hydrogen-bond acceptors (Lipinski definition) is 3. The highest BCUT2D eigenvalue weighted by Crippen LogP contribution is 2.27. The summed E-state index contributed by atoms with van der Waals surface area (Å²) < 4.78 is 26.9. The van der Waals surface area contributed by atoms with E-state index in [0.717, 1.165) is 19.3 Å². The zero-order valence-corrected chi connectivity index (χ0v) is 13.8. The SMILES string of the molecule is CC(C)C1CCCN(S(=O)(=O)Cc2ccccc2N)CC1. The van der Waals surface area contributed by atoms with E-state index in [-0.39, 0.29) is 5.75 Å². The second kappa shape index (κ2) is 6.79. The number of sulfonamides is 1. The first kappa shape index (κ1) is 16.3. The molecule has 0 saturated carbocycles. The number of hydrogen-bond donors (Lipinski definition) is 1. The molecule has 118 valence electrons. The summed E-state index contributed by atoms with van der Waals surface area (Å²) in [5.74, 6) is 1.26. The topological polar surface area (TPSA) is 63.4 Å². The predicted octanol–water partition coefficient (Wildman–Crippen LogP) is 2.86. The van der Waals surface area contributed by atoms with Crippen molar-refractivity contribution in [1.82, 2.24) is 4.31 Å². The van der Waals surface area contributed by atoms with Gasteiger partial charge in [-0.3, -0.25) is 0 Å². The summed E-state index contributed by atoms with van der Waals surface area (Å²) >= 11 is 0. The fourth-order valence-corrected chi connectivity index (χ4v) is 4.62. The van der Waals surface area contributed by atoms with Crippen molar-refractivity contribution in [1.29, 1.82) is 0 Å². The van der Waals surface area contributed by atoms with Crippen LogP contribution in [0.2, 0.25) is 0 Å². The van der Waals surface area contributed by atoms with Gasteiger partial charge in [0.1, 0.15) is 0 Å². The zero-order chi connectivity index (χ0) is 15.5. The third kappa shape index (κ3) is 4.20. The molecule has 1 aromatic carbocycles. The van der Waals surface area contributed by atoms with E-state index >= 15 is 0 Å². The smallest absolute Gasteiger partial charge is 0.218 e. The zero-order valence-electron chi connectivity index (χ0n) is 13.0. The Morgan fingerprint density at radius 2 is 1.95 bits per heavy atom. The molecule has 0 aromatic heterocycles. The highest BCUT2D eigenvalue weighted by Gasteiger charge is 2.27. The van der Waals surface area contributed by atoms with Crippen molar-refractivity contribution in [3.05, 3.63) is 29.8 Å². The summed E-state index contributed by atoms with van der Waals surface area (Å²) in [6, 6.07) is 7.20. The van der Waals surface area contributed by atoms with Gasteiger partial charge in [0.2, 0.25) is 10.0 Å². The monoisotopic (exact) mass is 310 g/mol. The first-order valence-corrected chi connectivity index (χ1v) is 9.32. The maximum Gasteiger partial charge on any atom is 0.218 e. The molecule has 5 heteroatoms. The maximum atomic E-state index is 12.6. The third-order valence-corrected chi connectivity index (χ3v) is 6.29. The number of benzene rings is 1. The van der Waals surface area contributed by atoms with Crippen LogP contribution in [-0.2, 0) is 15.8 Å². The summed E-state index contributed by atoms with van der Waals surface area (Å²) in [6.07, 6.45) is 3.03. The molecule has 0 aliphatic carbocycles. The molecule has 21 heavy (non-hydrogen) atoms. The molecule has 2 N–H and O–H groups in total. The third-order valence-electron chi connectivity index (χ3n) is 4.46. The Kier molecular flexibility index (Phi) is 5.27. The van der Waals surface area contributed by atoms with Gasteiger partial charge in [-0.2, -0.15) is 0 Å². The van der Waals surface area contributed by atoms with E-state index in [2.05, 4.69) is 13.8 Å². The lowest BCUT2D eigenvalue weighted by Crippen LogP contribution is -2.33. The Hall–Kier alpha value is -1.07. The number of para-hydroxylation sites is 1. The fraction of sp³-hybridized carbons (Fsp3) is 0.625. The molecule has 1 aliphatic heterocycles. The van der Waals surface area contributed by atoms with Gasteiger partial charge >= 0.3 is 0 Å². The summed E-state index contributed by atoms with van der Waals surface area (Å²) in [5.41, 5.74) is 7.12. The van der Waals surface area contributed by atoms with Gasteiger partial charge in [-0.25, -0.2) is 12.7 Å². The van der Waals surface area contributed by atoms with Crippen molar-refractivity contribution < 1.29 is 8.42 Å². The second-order valence-corrected chi connectivity index (χ2v) is 8.26. The fourth-order valence-electron chi connectivity index (χ4n) is 2.99. The van der Waals surface area contributed by atoms with Gasteiger partial charge in [-0.1, -0.05) is 32.0 Å². The first-order chi connectivity index (χ1) is 9.90. The molecule has 0 spiro atoms. The Labute approximate surface area is 128 Å². The molecule has 1 unspecified atom stereocenters. The second-order valence-electron chi connectivity index (χ2n) is 6.29. The summed E-state index contributed by atoms with van der Waals surface area (Å²) in [4.78, 5) is 0. The highest BCUT2D eigenvalue weighted by atomic mass is 32.2. The van der Waals surface area contributed by atoms with Gasteiger partial charge in [0, 0.05) is 18.8 Å². The van der Waals surface area contributed by atoms with Crippen LogP contribution in [-0.4, -0.2) is 25.8 Å². The molecule has 1 fully saturated rings. The summed E-state index contributed by atoms with van der Waals surface area (Å²) in [7, 11) is -3.28. The van der Waals surface area contributed by atoms with Crippen molar-refractivity contribution in [2.75, 3.05) is 18.8 Å². The van der Waals surface area contributed by atoms with Crippen molar-refractivity contribution in [3.8, 4) is 0 Å². The average molecular weight is 310 g/mol. The minimum atomic E-state index is -3.28. The number of nitrogens with two attached hydrogens (primary N) is 1. The number of rotatable bonds is 4. The Balaban J connectivity index is 2.08. The molecular formula is C16H26N2O2S. The molecule has 1 saturated heterocycles. The van der Waals surface area contributed by atoms with Crippen LogP contribution >= 0.6 is 0 Å². The summed E-state index contributed by atoms with van der Waals surface area (Å²) in [6.45, 7) is 5.72. The molecule has 1 atom stereocenters. The Bertz CT molecular complexity index is 569. The van der Waals surface area contributed by atoms with Gasteiger partial charge in [-0.05, 0) is 42.7 Å². The van der Waals surface area contributed by atoms with Crippen LogP contribution in [0.4, 0.5) is 5.69 Å². The molecular weight excluding hydrogens is 284 g/mol. The van der Waals surface area contributed by atoms with Gasteiger partial charge < -0.3 is 5.73 Å². The van der Waals surface area contributed by atoms with Crippen LogP contribution in [0.1, 0.15) is 38.7 Å². The molecule has 1 aromatic rings. The lowest BCUT2D eigenvalue weighted by atomic mass is 9.89. The molecule has 0 bridgehead atoms. The van der Waals surface area contributed by atoms with Crippen LogP contribution in [0, 0.1) is 11.8 Å². The summed E-state index contributed by atoms with van der Waals surface area (Å²) in [5, 5.41) is 0. The van der Waals surface area contributed by atoms with Crippen LogP contribution < -0.4 is 5.73 Å². The molecule has 1 aliphatic rings. The number of nitrogens with zero attached hydrogens (tertiary/aromatic N) is 1. The van der Waals surface area contributed by atoms with Crippen LogP contribution in [0.3, 0.4) is 0 Å². The van der Waals surface area contributed by atoms with E-state index in [4.69, 9.17) is 5.73 Å². The van der Waals surface area contributed by atoms with Crippen molar-refractivity contribution in [2.24, 2.45) is 11.8 Å². The molecule has 4 nitrogen and oxygen atoms in total. The van der Waals surface area contributed by atoms with E-state index in [0.29, 0.717) is 36.2 Å². The van der Waals surface area contributed by atoms with E-state index in [1.807, 2.05) is 12.1 Å².